The molecule has 6 heteroatoms. The van der Waals surface area contributed by atoms with Gasteiger partial charge in [0.05, 0.1) is 23.8 Å². The Morgan fingerprint density at radius 2 is 1.86 bits per heavy atom. The van der Waals surface area contributed by atoms with E-state index in [4.69, 9.17) is 4.74 Å². The summed E-state index contributed by atoms with van der Waals surface area (Å²) < 4.78 is 4.95. The molecule has 1 unspecified atom stereocenters. The summed E-state index contributed by atoms with van der Waals surface area (Å²) in [5.74, 6) is -0.544. The van der Waals surface area contributed by atoms with Gasteiger partial charge in [-0.15, -0.1) is 0 Å². The fourth-order valence-electron chi connectivity index (χ4n) is 2.87. The molecule has 1 aromatic rings. The summed E-state index contributed by atoms with van der Waals surface area (Å²) in [7, 11) is 0. The molecule has 2 aliphatic rings. The van der Waals surface area contributed by atoms with Crippen LogP contribution in [0.25, 0.3) is 0 Å². The van der Waals surface area contributed by atoms with Crippen molar-refractivity contribution in [1.29, 1.82) is 0 Å². The lowest BCUT2D eigenvalue weighted by Crippen LogP contribution is -2.42. The smallest absolute Gasteiger partial charge is 0.409 e. The largest absolute Gasteiger partial charge is 0.450 e. The number of carbonyl (C=O) groups is 3. The highest BCUT2D eigenvalue weighted by atomic mass is 16.6. The Bertz CT molecular complexity index is 578. The molecule has 2 heterocycles. The molecule has 0 N–H and O–H groups in total. The van der Waals surface area contributed by atoms with E-state index < -0.39 is 6.09 Å². The van der Waals surface area contributed by atoms with E-state index in [2.05, 4.69) is 0 Å². The van der Waals surface area contributed by atoms with E-state index in [1.54, 1.807) is 31.2 Å². The van der Waals surface area contributed by atoms with Gasteiger partial charge in [-0.3, -0.25) is 14.5 Å². The van der Waals surface area contributed by atoms with E-state index in [-0.39, 0.29) is 17.9 Å². The number of amides is 3. The summed E-state index contributed by atoms with van der Waals surface area (Å²) in [4.78, 5) is 39.3. The first-order chi connectivity index (χ1) is 10.1. The van der Waals surface area contributed by atoms with Gasteiger partial charge in [0, 0.05) is 13.1 Å². The minimum absolute atomic E-state index is 0.272. The van der Waals surface area contributed by atoms with E-state index in [0.29, 0.717) is 37.2 Å². The molecule has 3 amide bonds. The fourth-order valence-corrected chi connectivity index (χ4v) is 2.87. The summed E-state index contributed by atoms with van der Waals surface area (Å²) >= 11 is 0. The van der Waals surface area contributed by atoms with Crippen LogP contribution in [0, 0.1) is 0 Å². The molecule has 6 nitrogen and oxygen atoms in total. The van der Waals surface area contributed by atoms with Gasteiger partial charge in [-0.25, -0.2) is 4.79 Å². The predicted molar refractivity (Wildman–Crippen MR) is 73.9 cm³/mol. The Balaban J connectivity index is 1.77. The quantitative estimate of drug-likeness (QED) is 0.774. The fraction of sp³-hybridized carbons (Fsp3) is 0.400. The van der Waals surface area contributed by atoms with Gasteiger partial charge in [0.15, 0.2) is 0 Å². The monoisotopic (exact) mass is 288 g/mol. The number of carbonyl (C=O) groups excluding carboxylic acids is 3. The maximum atomic E-state index is 12.4. The molecular weight excluding hydrogens is 272 g/mol. The SMILES string of the molecule is CCOC(=O)N1CCC(N2C(=O)c3ccccc3C2=O)C1. The molecule has 0 aliphatic carbocycles. The number of imide groups is 1. The normalized spacial score (nSPS) is 20.9. The number of nitrogens with zero attached hydrogens (tertiary/aromatic N) is 2. The van der Waals surface area contributed by atoms with Crippen molar-refractivity contribution in [1.82, 2.24) is 9.80 Å². The Kier molecular flexibility index (Phi) is 3.37. The Morgan fingerprint density at radius 1 is 1.24 bits per heavy atom. The van der Waals surface area contributed by atoms with E-state index in [0.717, 1.165) is 0 Å². The number of hydrogen-bond acceptors (Lipinski definition) is 4. The average Bonchev–Trinajstić information content (AvgIpc) is 3.05. The second kappa shape index (κ2) is 5.20. The minimum atomic E-state index is -0.392. The molecule has 21 heavy (non-hydrogen) atoms. The molecular formula is C15H16N2O4. The minimum Gasteiger partial charge on any atom is -0.450 e. The highest BCUT2D eigenvalue weighted by Gasteiger charge is 2.43. The maximum absolute atomic E-state index is 12.4. The third kappa shape index (κ3) is 2.16. The van der Waals surface area contributed by atoms with Crippen LogP contribution in [0.1, 0.15) is 34.1 Å². The Labute approximate surface area is 122 Å². The first-order valence-electron chi connectivity index (χ1n) is 7.02. The maximum Gasteiger partial charge on any atom is 0.409 e. The molecule has 1 saturated heterocycles. The third-order valence-corrected chi connectivity index (χ3v) is 3.88. The molecule has 0 radical (unpaired) electrons. The molecule has 2 aliphatic heterocycles. The molecule has 110 valence electrons. The van der Waals surface area contributed by atoms with Gasteiger partial charge in [-0.05, 0) is 25.5 Å². The zero-order chi connectivity index (χ0) is 15.0. The second-order valence-electron chi connectivity index (χ2n) is 5.11. The highest BCUT2D eigenvalue weighted by molar-refractivity contribution is 6.21. The zero-order valence-corrected chi connectivity index (χ0v) is 11.7. The van der Waals surface area contributed by atoms with Crippen molar-refractivity contribution >= 4 is 17.9 Å². The first kappa shape index (κ1) is 13.6. The van der Waals surface area contributed by atoms with Crippen LogP contribution < -0.4 is 0 Å². The second-order valence-corrected chi connectivity index (χ2v) is 5.11. The standard InChI is InChI=1S/C15H16N2O4/c1-2-21-15(20)16-8-7-10(9-16)17-13(18)11-5-3-4-6-12(11)14(17)19/h3-6,10H,2,7-9H2,1H3. The van der Waals surface area contributed by atoms with Crippen LogP contribution in [0.15, 0.2) is 24.3 Å². The van der Waals surface area contributed by atoms with Crippen LogP contribution in [0.2, 0.25) is 0 Å². The number of likely N-dealkylation sites (tertiary alicyclic amines) is 1. The van der Waals surface area contributed by atoms with E-state index >= 15 is 0 Å². The zero-order valence-electron chi connectivity index (χ0n) is 11.7. The lowest BCUT2D eigenvalue weighted by molar-refractivity contribution is 0.0581. The van der Waals surface area contributed by atoms with Crippen molar-refractivity contribution in [2.24, 2.45) is 0 Å². The van der Waals surface area contributed by atoms with Crippen LogP contribution in [0.4, 0.5) is 4.79 Å². The van der Waals surface area contributed by atoms with Gasteiger partial charge in [0.2, 0.25) is 0 Å². The van der Waals surface area contributed by atoms with Gasteiger partial charge in [-0.2, -0.15) is 0 Å². The molecule has 0 aromatic heterocycles. The van der Waals surface area contributed by atoms with Crippen molar-refractivity contribution in [2.45, 2.75) is 19.4 Å². The van der Waals surface area contributed by atoms with Gasteiger partial charge in [0.25, 0.3) is 11.8 Å². The number of hydrogen-bond donors (Lipinski definition) is 0. The summed E-state index contributed by atoms with van der Waals surface area (Å²) in [5.41, 5.74) is 0.883. The summed E-state index contributed by atoms with van der Waals surface area (Å²) in [6, 6.07) is 6.53. The highest BCUT2D eigenvalue weighted by Crippen LogP contribution is 2.28. The van der Waals surface area contributed by atoms with Crippen LogP contribution in [0.5, 0.6) is 0 Å². The van der Waals surface area contributed by atoms with Crippen LogP contribution in [-0.4, -0.2) is 53.4 Å². The summed E-state index contributed by atoms with van der Waals surface area (Å²) in [6.45, 7) is 2.89. The number of rotatable bonds is 2. The lowest BCUT2D eigenvalue weighted by Gasteiger charge is -2.22. The van der Waals surface area contributed by atoms with Gasteiger partial charge >= 0.3 is 6.09 Å². The molecule has 1 aromatic carbocycles. The average molecular weight is 288 g/mol. The van der Waals surface area contributed by atoms with Crippen LogP contribution in [-0.2, 0) is 4.74 Å². The molecule has 1 atom stereocenters. The van der Waals surface area contributed by atoms with E-state index in [1.807, 2.05) is 0 Å². The topological polar surface area (TPSA) is 66.9 Å². The lowest BCUT2D eigenvalue weighted by atomic mass is 10.1. The Morgan fingerprint density at radius 3 is 2.43 bits per heavy atom. The molecule has 0 bridgehead atoms. The number of fused-ring (bicyclic) bond motifs is 1. The van der Waals surface area contributed by atoms with E-state index in [9.17, 15) is 14.4 Å². The third-order valence-electron chi connectivity index (χ3n) is 3.88. The van der Waals surface area contributed by atoms with Crippen molar-refractivity contribution in [3.63, 3.8) is 0 Å². The van der Waals surface area contributed by atoms with Gasteiger partial charge < -0.3 is 9.64 Å². The van der Waals surface area contributed by atoms with E-state index in [1.165, 1.54) is 9.80 Å². The molecule has 3 rings (SSSR count). The van der Waals surface area contributed by atoms with Gasteiger partial charge in [0.1, 0.15) is 0 Å². The van der Waals surface area contributed by atoms with Crippen LogP contribution >= 0.6 is 0 Å². The van der Waals surface area contributed by atoms with Gasteiger partial charge in [-0.1, -0.05) is 12.1 Å². The molecule has 0 saturated carbocycles. The Hall–Kier alpha value is -2.37. The summed E-state index contributed by atoms with van der Waals surface area (Å²) in [5, 5.41) is 0. The first-order valence-corrected chi connectivity index (χ1v) is 7.02. The van der Waals surface area contributed by atoms with Crippen molar-refractivity contribution in [3.8, 4) is 0 Å². The molecule has 0 spiro atoms. The van der Waals surface area contributed by atoms with Crippen molar-refractivity contribution in [2.75, 3.05) is 19.7 Å². The van der Waals surface area contributed by atoms with Crippen molar-refractivity contribution in [3.05, 3.63) is 35.4 Å². The number of ether oxygens (including phenoxy) is 1. The predicted octanol–water partition coefficient (Wildman–Crippen LogP) is 1.51. The summed E-state index contributed by atoms with van der Waals surface area (Å²) in [6.07, 6.45) is 0.196. The number of benzene rings is 1. The van der Waals surface area contributed by atoms with Crippen LogP contribution in [0.3, 0.4) is 0 Å². The molecule has 1 fully saturated rings. The van der Waals surface area contributed by atoms with Crippen molar-refractivity contribution < 1.29 is 19.1 Å².